The van der Waals surface area contributed by atoms with E-state index in [1.165, 1.54) is 13.2 Å². The van der Waals surface area contributed by atoms with Gasteiger partial charge < -0.3 is 14.2 Å². The van der Waals surface area contributed by atoms with Crippen LogP contribution in [-0.4, -0.2) is 27.3 Å². The molecule has 0 N–H and O–H groups in total. The van der Waals surface area contributed by atoms with Crippen LogP contribution in [0.4, 0.5) is 0 Å². The van der Waals surface area contributed by atoms with Gasteiger partial charge in [0.25, 0.3) is 0 Å². The molecule has 0 unspecified atom stereocenters. The van der Waals surface area contributed by atoms with Crippen LogP contribution in [0.3, 0.4) is 0 Å². The number of carbonyl (C=O) groups is 1. The summed E-state index contributed by atoms with van der Waals surface area (Å²) in [5.74, 6) is 0.796. The Morgan fingerprint density at radius 3 is 2.50 bits per heavy atom. The summed E-state index contributed by atoms with van der Waals surface area (Å²) in [6, 6.07) is 5.42. The predicted molar refractivity (Wildman–Crippen MR) is 60.6 cm³/mol. The van der Waals surface area contributed by atoms with Crippen LogP contribution < -0.4 is 9.47 Å². The van der Waals surface area contributed by atoms with Crippen molar-refractivity contribution >= 4 is 12.0 Å². The maximum absolute atomic E-state index is 11.0. The number of rotatable bonds is 4. The van der Waals surface area contributed by atoms with E-state index in [-0.39, 0.29) is 0 Å². The molecule has 0 atom stereocenters. The smallest absolute Gasteiger partial charge is 0.330 e. The third-order valence-corrected chi connectivity index (χ3v) is 2.03. The minimum absolute atomic E-state index is 0.412. The van der Waals surface area contributed by atoms with Gasteiger partial charge in [-0.1, -0.05) is 12.1 Å². The van der Waals surface area contributed by atoms with Crippen molar-refractivity contribution in [1.29, 1.82) is 0 Å². The van der Waals surface area contributed by atoms with E-state index >= 15 is 0 Å². The first kappa shape index (κ1) is 12.1. The maximum atomic E-state index is 11.0. The molecule has 0 radical (unpaired) electrons. The fourth-order valence-electron chi connectivity index (χ4n) is 1.27. The lowest BCUT2D eigenvalue weighted by atomic mass is 10.1. The monoisotopic (exact) mass is 222 g/mol. The summed E-state index contributed by atoms with van der Waals surface area (Å²) in [6.45, 7) is 0. The first-order valence-electron chi connectivity index (χ1n) is 4.70. The lowest BCUT2D eigenvalue weighted by Crippen LogP contribution is -1.95. The molecule has 86 valence electrons. The molecule has 0 saturated carbocycles. The van der Waals surface area contributed by atoms with Crippen molar-refractivity contribution in [2.24, 2.45) is 0 Å². The zero-order valence-corrected chi connectivity index (χ0v) is 9.52. The molecule has 1 aromatic carbocycles. The quantitative estimate of drug-likeness (QED) is 0.576. The van der Waals surface area contributed by atoms with E-state index in [0.29, 0.717) is 11.5 Å². The van der Waals surface area contributed by atoms with Gasteiger partial charge in [0, 0.05) is 11.6 Å². The van der Waals surface area contributed by atoms with Crippen molar-refractivity contribution in [3.63, 3.8) is 0 Å². The SMILES string of the molecule is COC(=O)C=Cc1cccc(OC)c1OC. The molecule has 4 nitrogen and oxygen atoms in total. The Morgan fingerprint density at radius 2 is 1.94 bits per heavy atom. The van der Waals surface area contributed by atoms with Crippen molar-refractivity contribution < 1.29 is 19.0 Å². The Hall–Kier alpha value is -1.97. The van der Waals surface area contributed by atoms with Crippen LogP contribution in [0.2, 0.25) is 0 Å². The third kappa shape index (κ3) is 2.76. The molecule has 0 aliphatic carbocycles. The van der Waals surface area contributed by atoms with Gasteiger partial charge in [0.2, 0.25) is 0 Å². The van der Waals surface area contributed by atoms with Gasteiger partial charge in [-0.25, -0.2) is 4.79 Å². The number of hydrogen-bond donors (Lipinski definition) is 0. The summed E-state index contributed by atoms with van der Waals surface area (Å²) >= 11 is 0. The minimum atomic E-state index is -0.412. The number of carbonyl (C=O) groups excluding carboxylic acids is 1. The Balaban J connectivity index is 3.04. The number of hydrogen-bond acceptors (Lipinski definition) is 4. The van der Waals surface area contributed by atoms with Crippen molar-refractivity contribution in [3.05, 3.63) is 29.8 Å². The van der Waals surface area contributed by atoms with Crippen LogP contribution in [0.1, 0.15) is 5.56 Å². The normalized spacial score (nSPS) is 10.2. The van der Waals surface area contributed by atoms with Gasteiger partial charge in [0.05, 0.1) is 21.3 Å². The van der Waals surface area contributed by atoms with E-state index < -0.39 is 5.97 Å². The Labute approximate surface area is 94.4 Å². The molecule has 0 fully saturated rings. The average Bonchev–Trinajstić information content (AvgIpc) is 2.34. The lowest BCUT2D eigenvalue weighted by Gasteiger charge is -2.09. The van der Waals surface area contributed by atoms with E-state index in [2.05, 4.69) is 4.74 Å². The number of para-hydroxylation sites is 1. The van der Waals surface area contributed by atoms with Crippen LogP contribution in [0.5, 0.6) is 11.5 Å². The standard InChI is InChI=1S/C12H14O4/c1-14-10-6-4-5-9(12(10)16-3)7-8-11(13)15-2/h4-8H,1-3H3. The summed E-state index contributed by atoms with van der Waals surface area (Å²) in [4.78, 5) is 11.0. The van der Waals surface area contributed by atoms with Crippen LogP contribution in [0.15, 0.2) is 24.3 Å². The highest BCUT2D eigenvalue weighted by Gasteiger charge is 2.06. The number of esters is 1. The Bertz CT molecular complexity index is 396. The van der Waals surface area contributed by atoms with E-state index in [0.717, 1.165) is 5.56 Å². The second kappa shape index (κ2) is 5.80. The second-order valence-corrected chi connectivity index (χ2v) is 2.94. The Morgan fingerprint density at radius 1 is 1.19 bits per heavy atom. The molecule has 0 aliphatic heterocycles. The van der Waals surface area contributed by atoms with Gasteiger partial charge in [-0.3, -0.25) is 0 Å². The highest BCUT2D eigenvalue weighted by molar-refractivity contribution is 5.87. The van der Waals surface area contributed by atoms with Crippen LogP contribution >= 0.6 is 0 Å². The lowest BCUT2D eigenvalue weighted by molar-refractivity contribution is -0.134. The topological polar surface area (TPSA) is 44.8 Å². The van der Waals surface area contributed by atoms with E-state index in [9.17, 15) is 4.79 Å². The van der Waals surface area contributed by atoms with Gasteiger partial charge in [-0.2, -0.15) is 0 Å². The van der Waals surface area contributed by atoms with Crippen molar-refractivity contribution in [2.45, 2.75) is 0 Å². The highest BCUT2D eigenvalue weighted by Crippen LogP contribution is 2.31. The molecule has 1 aromatic rings. The van der Waals surface area contributed by atoms with Crippen LogP contribution in [0, 0.1) is 0 Å². The first-order valence-corrected chi connectivity index (χ1v) is 4.70. The number of benzene rings is 1. The largest absolute Gasteiger partial charge is 0.493 e. The predicted octanol–water partition coefficient (Wildman–Crippen LogP) is 1.89. The molecule has 16 heavy (non-hydrogen) atoms. The van der Waals surface area contributed by atoms with E-state index in [4.69, 9.17) is 9.47 Å². The first-order chi connectivity index (χ1) is 7.72. The molecular formula is C12H14O4. The Kier molecular flexibility index (Phi) is 4.39. The summed E-state index contributed by atoms with van der Waals surface area (Å²) < 4.78 is 14.8. The summed E-state index contributed by atoms with van der Waals surface area (Å²) in [5, 5.41) is 0. The molecule has 0 heterocycles. The van der Waals surface area contributed by atoms with E-state index in [1.54, 1.807) is 26.4 Å². The van der Waals surface area contributed by atoms with Crippen molar-refractivity contribution in [2.75, 3.05) is 21.3 Å². The van der Waals surface area contributed by atoms with Gasteiger partial charge in [-0.15, -0.1) is 0 Å². The number of ether oxygens (including phenoxy) is 3. The zero-order chi connectivity index (χ0) is 12.0. The molecule has 0 spiro atoms. The number of methoxy groups -OCH3 is 3. The molecule has 0 aromatic heterocycles. The molecule has 0 aliphatic rings. The van der Waals surface area contributed by atoms with Gasteiger partial charge in [0.15, 0.2) is 11.5 Å². The molecule has 0 saturated heterocycles. The highest BCUT2D eigenvalue weighted by atomic mass is 16.5. The molecule has 0 amide bonds. The van der Waals surface area contributed by atoms with Gasteiger partial charge in [-0.05, 0) is 12.1 Å². The summed E-state index contributed by atoms with van der Waals surface area (Å²) in [7, 11) is 4.44. The van der Waals surface area contributed by atoms with Crippen LogP contribution in [-0.2, 0) is 9.53 Å². The molecular weight excluding hydrogens is 208 g/mol. The average molecular weight is 222 g/mol. The minimum Gasteiger partial charge on any atom is -0.493 e. The fraction of sp³-hybridized carbons (Fsp3) is 0.250. The third-order valence-electron chi connectivity index (χ3n) is 2.03. The molecule has 0 bridgehead atoms. The maximum Gasteiger partial charge on any atom is 0.330 e. The van der Waals surface area contributed by atoms with Crippen molar-refractivity contribution in [1.82, 2.24) is 0 Å². The van der Waals surface area contributed by atoms with Crippen LogP contribution in [0.25, 0.3) is 6.08 Å². The zero-order valence-electron chi connectivity index (χ0n) is 9.52. The molecule has 4 heteroatoms. The second-order valence-electron chi connectivity index (χ2n) is 2.94. The summed E-state index contributed by atoms with van der Waals surface area (Å²) in [6.07, 6.45) is 2.95. The molecule has 1 rings (SSSR count). The fourth-order valence-corrected chi connectivity index (χ4v) is 1.27. The summed E-state index contributed by atoms with van der Waals surface area (Å²) in [5.41, 5.74) is 0.757. The van der Waals surface area contributed by atoms with Gasteiger partial charge in [0.1, 0.15) is 0 Å². The van der Waals surface area contributed by atoms with E-state index in [1.807, 2.05) is 12.1 Å². The van der Waals surface area contributed by atoms with Gasteiger partial charge >= 0.3 is 5.97 Å². The van der Waals surface area contributed by atoms with Crippen molar-refractivity contribution in [3.8, 4) is 11.5 Å².